The third kappa shape index (κ3) is 5.60. The first-order valence-electron chi connectivity index (χ1n) is 12.6. The van der Waals surface area contributed by atoms with Crippen LogP contribution in [0, 0.1) is 0 Å². The summed E-state index contributed by atoms with van der Waals surface area (Å²) in [5.74, 6) is 0.290. The molecule has 2 aliphatic heterocycles. The van der Waals surface area contributed by atoms with E-state index in [1.165, 1.54) is 22.9 Å². The summed E-state index contributed by atoms with van der Waals surface area (Å²) in [6, 6.07) is 23.0. The smallest absolute Gasteiger partial charge is 0.253 e. The Labute approximate surface area is 249 Å². The maximum atomic E-state index is 13.6. The highest BCUT2D eigenvalue weighted by Crippen LogP contribution is 2.43. The van der Waals surface area contributed by atoms with E-state index < -0.39 is 12.1 Å². The number of rotatable bonds is 9. The summed E-state index contributed by atoms with van der Waals surface area (Å²) in [6.07, 6.45) is 2.11. The van der Waals surface area contributed by atoms with E-state index in [0.717, 1.165) is 26.5 Å². The summed E-state index contributed by atoms with van der Waals surface area (Å²) >= 11 is 10.4. The lowest BCUT2D eigenvalue weighted by atomic mass is 10.00. The average Bonchev–Trinajstić information content (AvgIpc) is 3.70. The molecule has 0 aliphatic carbocycles. The number of aromatic nitrogens is 2. The number of carbonyl (C=O) groups is 2. The Morgan fingerprint density at radius 2 is 1.77 bits per heavy atom. The van der Waals surface area contributed by atoms with Crippen molar-refractivity contribution in [2.75, 3.05) is 5.75 Å². The van der Waals surface area contributed by atoms with E-state index >= 15 is 0 Å². The van der Waals surface area contributed by atoms with Crippen molar-refractivity contribution in [1.82, 2.24) is 19.8 Å². The van der Waals surface area contributed by atoms with Gasteiger partial charge in [-0.2, -0.15) is 0 Å². The van der Waals surface area contributed by atoms with Crippen LogP contribution >= 0.6 is 46.8 Å². The highest BCUT2D eigenvalue weighted by molar-refractivity contribution is 8.00. The summed E-state index contributed by atoms with van der Waals surface area (Å²) in [7, 11) is 0. The molecule has 0 saturated carbocycles. The van der Waals surface area contributed by atoms with Gasteiger partial charge in [-0.3, -0.25) is 14.5 Å². The fourth-order valence-electron chi connectivity index (χ4n) is 4.83. The van der Waals surface area contributed by atoms with Crippen molar-refractivity contribution >= 4 is 63.7 Å². The molecular weight excluding hydrogens is 581 g/mol. The summed E-state index contributed by atoms with van der Waals surface area (Å²) in [6.45, 7) is 0. The Morgan fingerprint density at radius 1 is 1.05 bits per heavy atom. The fourth-order valence-corrected chi connectivity index (χ4v) is 7.75. The molecular formula is C29H24N4O3S4. The van der Waals surface area contributed by atoms with E-state index in [1.807, 2.05) is 78.2 Å². The molecule has 6 rings (SSSR count). The van der Waals surface area contributed by atoms with Gasteiger partial charge in [-0.15, -0.1) is 28.2 Å². The first-order valence-corrected chi connectivity index (χ1v) is 15.7. The Bertz CT molecular complexity index is 1490. The first kappa shape index (κ1) is 26.8. The van der Waals surface area contributed by atoms with Crippen molar-refractivity contribution < 1.29 is 14.3 Å². The molecule has 2 aromatic carbocycles. The van der Waals surface area contributed by atoms with Gasteiger partial charge in [-0.25, -0.2) is 0 Å². The normalized spacial score (nSPS) is 18.3. The molecule has 0 unspecified atom stereocenters. The van der Waals surface area contributed by atoms with Crippen LogP contribution in [-0.4, -0.2) is 48.5 Å². The van der Waals surface area contributed by atoms with Crippen LogP contribution in [0.4, 0.5) is 0 Å². The molecule has 0 radical (unpaired) electrons. The van der Waals surface area contributed by atoms with Gasteiger partial charge in [0.2, 0.25) is 11.0 Å². The van der Waals surface area contributed by atoms with Gasteiger partial charge >= 0.3 is 0 Å². The van der Waals surface area contributed by atoms with Crippen LogP contribution in [0.1, 0.15) is 27.0 Å². The second-order valence-electron chi connectivity index (χ2n) is 9.33. The summed E-state index contributed by atoms with van der Waals surface area (Å²) in [5, 5.41) is 8.85. The van der Waals surface area contributed by atoms with Gasteiger partial charge in [-0.1, -0.05) is 71.2 Å². The maximum absolute atomic E-state index is 13.6. The Morgan fingerprint density at radius 3 is 2.40 bits per heavy atom. The number of benzene rings is 2. The second kappa shape index (κ2) is 12.0. The Hall–Kier alpha value is -3.38. The third-order valence-corrected chi connectivity index (χ3v) is 9.86. The first-order chi connectivity index (χ1) is 19.6. The van der Waals surface area contributed by atoms with Crippen LogP contribution in [0.2, 0.25) is 0 Å². The third-order valence-electron chi connectivity index (χ3n) is 6.70. The molecule has 1 fully saturated rings. The summed E-state index contributed by atoms with van der Waals surface area (Å²) in [4.78, 5) is 29.9. The maximum Gasteiger partial charge on any atom is 0.253 e. The van der Waals surface area contributed by atoms with E-state index in [0.29, 0.717) is 17.9 Å². The van der Waals surface area contributed by atoms with Crippen LogP contribution in [-0.2, 0) is 27.2 Å². The van der Waals surface area contributed by atoms with Gasteiger partial charge in [0.25, 0.3) is 5.91 Å². The number of amides is 2. The Kier molecular flexibility index (Phi) is 8.05. The predicted molar refractivity (Wildman–Crippen MR) is 162 cm³/mol. The van der Waals surface area contributed by atoms with Gasteiger partial charge in [0.05, 0.1) is 18.3 Å². The molecule has 0 spiro atoms. The molecule has 4 heterocycles. The van der Waals surface area contributed by atoms with Crippen LogP contribution in [0.3, 0.4) is 0 Å². The standard InChI is InChI=1S/C29H24N4O3S4/c34-23(15-21-12-7-13-38-21)31-24-27(35)33-25(20(17-39-28(24)33)14-22-16-30-32-40-22)29(37)36-26(18-8-3-1-4-9-18)19-10-5-2-6-11-19/h1-13,16,24,26,28H,14-15,17H2,(H,31,34)/t24-,28-/m1/s1. The van der Waals surface area contributed by atoms with Gasteiger partial charge in [0.15, 0.2) is 0 Å². The molecule has 11 heteroatoms. The van der Waals surface area contributed by atoms with E-state index in [1.54, 1.807) is 22.9 Å². The number of hydrogen-bond acceptors (Lipinski definition) is 9. The zero-order valence-electron chi connectivity index (χ0n) is 21.1. The number of ether oxygens (including phenoxy) is 1. The monoisotopic (exact) mass is 604 g/mol. The van der Waals surface area contributed by atoms with E-state index in [4.69, 9.17) is 17.0 Å². The van der Waals surface area contributed by atoms with Crippen molar-refractivity contribution in [1.29, 1.82) is 0 Å². The van der Waals surface area contributed by atoms with Crippen molar-refractivity contribution in [2.24, 2.45) is 0 Å². The van der Waals surface area contributed by atoms with Crippen LogP contribution in [0.25, 0.3) is 0 Å². The van der Waals surface area contributed by atoms with Gasteiger partial charge in [0.1, 0.15) is 17.5 Å². The molecule has 2 amide bonds. The molecule has 2 aromatic heterocycles. The number of carbonyl (C=O) groups excluding carboxylic acids is 2. The molecule has 2 atom stereocenters. The lowest BCUT2D eigenvalue weighted by Gasteiger charge is -2.50. The van der Waals surface area contributed by atoms with Crippen LogP contribution in [0.5, 0.6) is 0 Å². The number of nitrogens with zero attached hydrogens (tertiary/aromatic N) is 3. The second-order valence-corrected chi connectivity index (χ2v) is 12.7. The molecule has 0 bridgehead atoms. The SMILES string of the molecule is O=C(Cc1cccs1)N[C@@H]1C(=O)N2C(C(=S)OC(c3ccccc3)c3ccccc3)=C(Cc3cnns3)CS[C@H]12. The quantitative estimate of drug-likeness (QED) is 0.208. The number of thiocarbonyl (C=S) groups is 1. The van der Waals surface area contributed by atoms with Gasteiger partial charge in [-0.05, 0) is 51.9 Å². The van der Waals surface area contributed by atoms with Crippen LogP contribution in [0.15, 0.2) is 95.6 Å². The summed E-state index contributed by atoms with van der Waals surface area (Å²) < 4.78 is 10.5. The molecule has 1 saturated heterocycles. The van der Waals surface area contributed by atoms with E-state index in [-0.39, 0.29) is 28.7 Å². The topological polar surface area (TPSA) is 84.4 Å². The molecule has 7 nitrogen and oxygen atoms in total. The molecule has 2 aliphatic rings. The minimum atomic E-state index is -0.610. The van der Waals surface area contributed by atoms with Crippen molar-refractivity contribution in [2.45, 2.75) is 30.4 Å². The van der Waals surface area contributed by atoms with Gasteiger partial charge < -0.3 is 10.1 Å². The van der Waals surface area contributed by atoms with E-state index in [9.17, 15) is 9.59 Å². The largest absolute Gasteiger partial charge is 0.469 e. The van der Waals surface area contributed by atoms with Crippen LogP contribution < -0.4 is 5.32 Å². The predicted octanol–water partition coefficient (Wildman–Crippen LogP) is 5.17. The number of fused-ring (bicyclic) bond motifs is 1. The number of thioether (sulfide) groups is 1. The molecule has 1 N–H and O–H groups in total. The summed E-state index contributed by atoms with van der Waals surface area (Å²) in [5.41, 5.74) is 3.51. The number of β-lactam (4-membered cyclic amide) rings is 1. The molecule has 202 valence electrons. The highest BCUT2D eigenvalue weighted by Gasteiger charge is 2.53. The zero-order valence-corrected chi connectivity index (χ0v) is 24.4. The number of hydrogen-bond donors (Lipinski definition) is 1. The fraction of sp³-hybridized carbons (Fsp3) is 0.207. The lowest BCUT2D eigenvalue weighted by Crippen LogP contribution is -2.70. The van der Waals surface area contributed by atoms with Crippen molar-refractivity contribution in [3.05, 3.63) is 117 Å². The minimum absolute atomic E-state index is 0.167. The number of thiophene rings is 1. The molecule has 4 aromatic rings. The lowest BCUT2D eigenvalue weighted by molar-refractivity contribution is -0.145. The van der Waals surface area contributed by atoms with Crippen molar-refractivity contribution in [3.63, 3.8) is 0 Å². The average molecular weight is 605 g/mol. The zero-order chi connectivity index (χ0) is 27.5. The molecule has 40 heavy (non-hydrogen) atoms. The Balaban J connectivity index is 1.28. The highest BCUT2D eigenvalue weighted by atomic mass is 32.2. The minimum Gasteiger partial charge on any atom is -0.469 e. The number of nitrogens with one attached hydrogen (secondary N) is 1. The van der Waals surface area contributed by atoms with Gasteiger partial charge in [0, 0.05) is 21.9 Å². The van der Waals surface area contributed by atoms with Crippen molar-refractivity contribution in [3.8, 4) is 0 Å². The van der Waals surface area contributed by atoms with E-state index in [2.05, 4.69) is 14.9 Å².